The molecule has 0 amide bonds. The molecule has 0 aliphatic rings. The molecule has 0 N–H and O–H groups in total. The number of hydrogen-bond donors (Lipinski definition) is 0. The predicted molar refractivity (Wildman–Crippen MR) is 124 cm³/mol. The molecule has 3 aromatic carbocycles. The summed E-state index contributed by atoms with van der Waals surface area (Å²) < 4.78 is 4.71. The minimum absolute atomic E-state index is 1.23. The largest absolute Gasteiger partial charge is 0.218 e. The van der Waals surface area contributed by atoms with Gasteiger partial charge in [-0.2, -0.15) is 9.13 Å². The Hall–Kier alpha value is -3.52. The van der Waals surface area contributed by atoms with Gasteiger partial charge in [0, 0.05) is 53.1 Å². The number of rotatable bonds is 2. The van der Waals surface area contributed by atoms with Crippen molar-refractivity contribution in [3.05, 3.63) is 102 Å². The van der Waals surface area contributed by atoms with Crippen LogP contribution < -0.4 is 9.13 Å². The molecule has 0 atom stereocenters. The van der Waals surface area contributed by atoms with Crippen LogP contribution in [0.5, 0.6) is 0 Å². The monoisotopic (exact) mass is 390 g/mol. The maximum Gasteiger partial charge on any atom is 0.218 e. The van der Waals surface area contributed by atoms with Gasteiger partial charge in [-0.3, -0.25) is 0 Å². The molecule has 146 valence electrons. The maximum absolute atomic E-state index is 2.38. The highest BCUT2D eigenvalue weighted by Gasteiger charge is 2.25. The Kier molecular flexibility index (Phi) is 4.36. The quantitative estimate of drug-likeness (QED) is 0.342. The van der Waals surface area contributed by atoms with Crippen LogP contribution >= 0.6 is 0 Å². The lowest BCUT2D eigenvalue weighted by atomic mass is 9.97. The topological polar surface area (TPSA) is 7.76 Å². The molecule has 0 fully saturated rings. The zero-order chi connectivity index (χ0) is 20.8. The Balaban J connectivity index is 1.81. The average molecular weight is 391 g/mol. The predicted octanol–water partition coefficient (Wildman–Crippen LogP) is 5.69. The summed E-state index contributed by atoms with van der Waals surface area (Å²) >= 11 is 0. The number of aryl methyl sites for hydroxylation is 3. The second-order valence-corrected chi connectivity index (χ2v) is 8.11. The second kappa shape index (κ2) is 7.07. The van der Waals surface area contributed by atoms with E-state index in [1.165, 1.54) is 55.6 Å². The van der Waals surface area contributed by atoms with Gasteiger partial charge in [0.2, 0.25) is 22.4 Å². The molecule has 0 bridgehead atoms. The highest BCUT2D eigenvalue weighted by atomic mass is 15.0. The molecule has 5 rings (SSSR count). The average Bonchev–Trinajstić information content (AvgIpc) is 2.75. The number of nitrogens with zero attached hydrogens (tertiary/aromatic N) is 2. The van der Waals surface area contributed by atoms with Crippen molar-refractivity contribution in [2.45, 2.75) is 20.8 Å². The van der Waals surface area contributed by atoms with E-state index >= 15 is 0 Å². The van der Waals surface area contributed by atoms with Crippen LogP contribution in [0.3, 0.4) is 0 Å². The van der Waals surface area contributed by atoms with E-state index < -0.39 is 0 Å². The van der Waals surface area contributed by atoms with Crippen LogP contribution in [0.2, 0.25) is 0 Å². The molecule has 5 aromatic rings. The first-order chi connectivity index (χ1) is 14.6. The Morgan fingerprint density at radius 3 is 2.13 bits per heavy atom. The number of pyridine rings is 2. The first-order valence-electron chi connectivity index (χ1n) is 10.5. The van der Waals surface area contributed by atoms with Crippen LogP contribution in [0.1, 0.15) is 16.8 Å². The van der Waals surface area contributed by atoms with Gasteiger partial charge < -0.3 is 0 Å². The molecule has 2 nitrogen and oxygen atoms in total. The van der Waals surface area contributed by atoms with Gasteiger partial charge in [0.05, 0.1) is 5.56 Å². The van der Waals surface area contributed by atoms with Gasteiger partial charge in [-0.1, -0.05) is 30.3 Å². The van der Waals surface area contributed by atoms with Crippen molar-refractivity contribution < 1.29 is 9.13 Å². The molecule has 0 saturated heterocycles. The lowest BCUT2D eigenvalue weighted by molar-refractivity contribution is -0.633. The Labute approximate surface area is 177 Å². The van der Waals surface area contributed by atoms with Crippen LogP contribution in [0.4, 0.5) is 0 Å². The van der Waals surface area contributed by atoms with Crippen LogP contribution in [0.15, 0.2) is 84.9 Å². The fraction of sp³-hybridized carbons (Fsp3) is 0.143. The molecule has 30 heavy (non-hydrogen) atoms. The van der Waals surface area contributed by atoms with Crippen molar-refractivity contribution in [1.29, 1.82) is 0 Å². The van der Waals surface area contributed by atoms with Gasteiger partial charge in [0.15, 0.2) is 5.69 Å². The first-order valence-corrected chi connectivity index (χ1v) is 10.5. The summed E-state index contributed by atoms with van der Waals surface area (Å²) in [5, 5.41) is 2.52. The first kappa shape index (κ1) is 18.5. The zero-order valence-electron chi connectivity index (χ0n) is 18.0. The minimum Gasteiger partial charge on any atom is -0.194 e. The third kappa shape index (κ3) is 2.80. The fourth-order valence-corrected chi connectivity index (χ4v) is 4.74. The molecule has 0 saturated carbocycles. The van der Waals surface area contributed by atoms with Crippen molar-refractivity contribution in [2.24, 2.45) is 7.05 Å². The molecule has 2 heterocycles. The SMILES string of the molecule is Cc1cc2ccccc2[n+](C)c1-c1cccc(-[n+]2c(C)ccc3ccccc32)c1C. The third-order valence-electron chi connectivity index (χ3n) is 6.21. The van der Waals surface area contributed by atoms with Crippen LogP contribution in [0.25, 0.3) is 38.8 Å². The highest BCUT2D eigenvalue weighted by molar-refractivity contribution is 5.80. The van der Waals surface area contributed by atoms with Gasteiger partial charge >= 0.3 is 0 Å². The number of para-hydroxylation sites is 2. The summed E-state index contributed by atoms with van der Waals surface area (Å²) in [6.07, 6.45) is 0. The van der Waals surface area contributed by atoms with E-state index in [0.717, 1.165) is 0 Å². The summed E-state index contributed by atoms with van der Waals surface area (Å²) in [7, 11) is 2.17. The van der Waals surface area contributed by atoms with Crippen LogP contribution in [-0.4, -0.2) is 0 Å². The molecule has 0 aliphatic carbocycles. The molecular weight excluding hydrogens is 364 g/mol. The van der Waals surface area contributed by atoms with E-state index in [2.05, 4.69) is 122 Å². The summed E-state index contributed by atoms with van der Waals surface area (Å²) in [6.45, 7) is 6.64. The van der Waals surface area contributed by atoms with E-state index in [0.29, 0.717) is 0 Å². The zero-order valence-corrected chi connectivity index (χ0v) is 18.0. The smallest absolute Gasteiger partial charge is 0.194 e. The van der Waals surface area contributed by atoms with Gasteiger partial charge in [-0.15, -0.1) is 0 Å². The fourth-order valence-electron chi connectivity index (χ4n) is 4.74. The molecule has 2 aromatic heterocycles. The number of hydrogen-bond acceptors (Lipinski definition) is 0. The van der Waals surface area contributed by atoms with Crippen LogP contribution in [0, 0.1) is 20.8 Å². The van der Waals surface area contributed by atoms with E-state index in [-0.39, 0.29) is 0 Å². The van der Waals surface area contributed by atoms with E-state index in [4.69, 9.17) is 0 Å². The Morgan fingerprint density at radius 1 is 0.633 bits per heavy atom. The summed E-state index contributed by atoms with van der Waals surface area (Å²) in [5.74, 6) is 0. The van der Waals surface area contributed by atoms with Crippen molar-refractivity contribution in [3.8, 4) is 16.9 Å². The Morgan fingerprint density at radius 2 is 1.33 bits per heavy atom. The number of fused-ring (bicyclic) bond motifs is 2. The summed E-state index contributed by atoms with van der Waals surface area (Å²) in [4.78, 5) is 0. The Bertz CT molecular complexity index is 1430. The third-order valence-corrected chi connectivity index (χ3v) is 6.21. The highest BCUT2D eigenvalue weighted by Crippen LogP contribution is 2.29. The number of aromatic nitrogens is 2. The maximum atomic E-state index is 2.38. The molecule has 0 radical (unpaired) electrons. The van der Waals surface area contributed by atoms with E-state index in [1.807, 2.05) is 0 Å². The van der Waals surface area contributed by atoms with Crippen molar-refractivity contribution in [1.82, 2.24) is 0 Å². The molecule has 0 spiro atoms. The lowest BCUT2D eigenvalue weighted by Crippen LogP contribution is -2.37. The van der Waals surface area contributed by atoms with Gasteiger partial charge in [-0.05, 0) is 44.2 Å². The van der Waals surface area contributed by atoms with Gasteiger partial charge in [0.1, 0.15) is 7.05 Å². The molecule has 2 heteroatoms. The second-order valence-electron chi connectivity index (χ2n) is 8.11. The van der Waals surface area contributed by atoms with Crippen molar-refractivity contribution in [2.75, 3.05) is 0 Å². The lowest BCUT2D eigenvalue weighted by Gasteiger charge is -2.12. The molecule has 0 aliphatic heterocycles. The van der Waals surface area contributed by atoms with E-state index in [9.17, 15) is 0 Å². The van der Waals surface area contributed by atoms with Gasteiger partial charge in [-0.25, -0.2) is 0 Å². The molecular formula is C28H26N2+2. The summed E-state index contributed by atoms with van der Waals surface area (Å²) in [5.41, 5.74) is 10.1. The van der Waals surface area contributed by atoms with Gasteiger partial charge in [0.25, 0.3) is 0 Å². The van der Waals surface area contributed by atoms with Crippen LogP contribution in [-0.2, 0) is 7.05 Å². The van der Waals surface area contributed by atoms with Crippen molar-refractivity contribution in [3.63, 3.8) is 0 Å². The standard InChI is InChI=1S/C28H26N2/c1-19-18-23-11-6-7-13-26(23)29(4)28(19)24-12-9-15-25(21(24)3)30-20(2)16-17-22-10-5-8-14-27(22)30/h5-18H,1-4H3/q+2. The normalized spacial score (nSPS) is 11.3. The molecule has 0 unspecified atom stereocenters. The minimum atomic E-state index is 1.23. The number of benzene rings is 3. The van der Waals surface area contributed by atoms with Crippen molar-refractivity contribution >= 4 is 21.8 Å². The summed E-state index contributed by atoms with van der Waals surface area (Å²) in [6, 6.07) is 30.6. The van der Waals surface area contributed by atoms with E-state index in [1.54, 1.807) is 0 Å².